The number of hydrogen-bond donors (Lipinski definition) is 1. The summed E-state index contributed by atoms with van der Waals surface area (Å²) in [5.41, 5.74) is 7.38. The number of pyridine rings is 1. The Morgan fingerprint density at radius 3 is 3.00 bits per heavy atom. The molecule has 1 heterocycles. The normalized spacial score (nSPS) is 10.8. The highest BCUT2D eigenvalue weighted by Gasteiger charge is 2.03. The van der Waals surface area contributed by atoms with Gasteiger partial charge in [0.05, 0.1) is 12.3 Å². The molecule has 0 fully saturated rings. The Morgan fingerprint density at radius 1 is 1.59 bits per heavy atom. The van der Waals surface area contributed by atoms with Gasteiger partial charge in [0.2, 0.25) is 0 Å². The van der Waals surface area contributed by atoms with Crippen molar-refractivity contribution in [3.05, 3.63) is 29.6 Å². The molecule has 0 amide bonds. The lowest BCUT2D eigenvalue weighted by atomic mass is 10.2. The summed E-state index contributed by atoms with van der Waals surface area (Å²) in [6.07, 6.45) is 1.74. The van der Waals surface area contributed by atoms with E-state index in [1.54, 1.807) is 6.20 Å². The van der Waals surface area contributed by atoms with E-state index in [-0.39, 0.29) is 0 Å². The quantitative estimate of drug-likeness (QED) is 0.584. The van der Waals surface area contributed by atoms with E-state index < -0.39 is 0 Å². The molecule has 1 rings (SSSR count). The molecule has 0 bridgehead atoms. The van der Waals surface area contributed by atoms with Gasteiger partial charge in [-0.05, 0) is 31.7 Å². The number of rotatable bonds is 7. The molecule has 1 aromatic rings. The van der Waals surface area contributed by atoms with Crippen molar-refractivity contribution in [3.63, 3.8) is 0 Å². The van der Waals surface area contributed by atoms with Crippen molar-refractivity contribution in [1.82, 2.24) is 9.88 Å². The van der Waals surface area contributed by atoms with Crippen LogP contribution in [0.5, 0.6) is 0 Å². The number of aromatic nitrogens is 1. The molecule has 0 atom stereocenters. The van der Waals surface area contributed by atoms with Gasteiger partial charge >= 0.3 is 0 Å². The van der Waals surface area contributed by atoms with Crippen molar-refractivity contribution in [1.29, 1.82) is 0 Å². The van der Waals surface area contributed by atoms with Gasteiger partial charge in [0.15, 0.2) is 0 Å². The number of nitrogens with two attached hydrogens (primary N) is 1. The van der Waals surface area contributed by atoms with Gasteiger partial charge in [0.1, 0.15) is 4.99 Å². The molecule has 4 nitrogen and oxygen atoms in total. The summed E-state index contributed by atoms with van der Waals surface area (Å²) >= 11 is 4.90. The van der Waals surface area contributed by atoms with E-state index in [1.807, 2.05) is 19.1 Å². The maximum atomic E-state index is 5.55. The van der Waals surface area contributed by atoms with Crippen LogP contribution in [0.3, 0.4) is 0 Å². The Kier molecular flexibility index (Phi) is 6.04. The van der Waals surface area contributed by atoms with Crippen molar-refractivity contribution >= 4 is 17.2 Å². The first-order chi connectivity index (χ1) is 8.13. The number of likely N-dealkylation sites (N-methyl/N-ethyl adjacent to an activating group) is 1. The highest BCUT2D eigenvalue weighted by Crippen LogP contribution is 2.05. The first kappa shape index (κ1) is 14.0. The molecule has 2 N–H and O–H groups in total. The molecule has 0 radical (unpaired) electrons. The summed E-state index contributed by atoms with van der Waals surface area (Å²) in [4.78, 5) is 6.64. The largest absolute Gasteiger partial charge is 0.388 e. The summed E-state index contributed by atoms with van der Waals surface area (Å²) < 4.78 is 5.31. The second kappa shape index (κ2) is 7.32. The summed E-state index contributed by atoms with van der Waals surface area (Å²) in [6.45, 7) is 5.25. The van der Waals surface area contributed by atoms with E-state index in [0.717, 1.165) is 31.9 Å². The number of hydrogen-bond acceptors (Lipinski definition) is 4. The summed E-state index contributed by atoms with van der Waals surface area (Å²) in [5.74, 6) is 0. The minimum absolute atomic E-state index is 0.337. The highest BCUT2D eigenvalue weighted by molar-refractivity contribution is 7.80. The summed E-state index contributed by atoms with van der Waals surface area (Å²) in [6, 6.07) is 3.90. The Hall–Kier alpha value is -1.04. The van der Waals surface area contributed by atoms with Crippen LogP contribution >= 0.6 is 12.2 Å². The molecule has 17 heavy (non-hydrogen) atoms. The van der Waals surface area contributed by atoms with Gasteiger partial charge in [-0.1, -0.05) is 12.2 Å². The average molecular weight is 253 g/mol. The van der Waals surface area contributed by atoms with Crippen molar-refractivity contribution in [2.45, 2.75) is 13.5 Å². The van der Waals surface area contributed by atoms with Gasteiger partial charge in [-0.2, -0.15) is 0 Å². The van der Waals surface area contributed by atoms with Gasteiger partial charge in [-0.15, -0.1) is 0 Å². The fourth-order valence-corrected chi connectivity index (χ4v) is 1.57. The van der Waals surface area contributed by atoms with Gasteiger partial charge in [0.25, 0.3) is 0 Å². The smallest absolute Gasteiger partial charge is 0.122 e. The van der Waals surface area contributed by atoms with Crippen LogP contribution in [0, 0.1) is 0 Å². The Morgan fingerprint density at radius 2 is 2.35 bits per heavy atom. The van der Waals surface area contributed by atoms with Crippen molar-refractivity contribution < 1.29 is 4.74 Å². The van der Waals surface area contributed by atoms with E-state index in [1.165, 1.54) is 0 Å². The Bertz CT molecular complexity index is 371. The zero-order valence-electron chi connectivity index (χ0n) is 10.3. The number of nitrogens with zero attached hydrogens (tertiary/aromatic N) is 2. The Balaban J connectivity index is 2.50. The average Bonchev–Trinajstić information content (AvgIpc) is 2.29. The topological polar surface area (TPSA) is 51.4 Å². The van der Waals surface area contributed by atoms with Crippen LogP contribution in [0.15, 0.2) is 18.3 Å². The molecule has 0 spiro atoms. The van der Waals surface area contributed by atoms with Crippen LogP contribution < -0.4 is 5.73 Å². The lowest BCUT2D eigenvalue weighted by molar-refractivity contribution is 0.120. The zero-order valence-corrected chi connectivity index (χ0v) is 11.2. The van der Waals surface area contributed by atoms with Gasteiger partial charge in [-0.3, -0.25) is 9.88 Å². The SMILES string of the molecule is CCOCCN(C)Cc1ccnc(C(N)=S)c1. The number of thiocarbonyl (C=S) groups is 1. The predicted molar refractivity (Wildman–Crippen MR) is 73.0 cm³/mol. The molecule has 0 unspecified atom stereocenters. The summed E-state index contributed by atoms with van der Waals surface area (Å²) in [5, 5.41) is 0. The van der Waals surface area contributed by atoms with E-state index in [4.69, 9.17) is 22.7 Å². The van der Waals surface area contributed by atoms with Gasteiger partial charge in [-0.25, -0.2) is 0 Å². The monoisotopic (exact) mass is 253 g/mol. The molecular formula is C12H19N3OS. The molecule has 0 aromatic carbocycles. The number of ether oxygens (including phenoxy) is 1. The molecule has 0 aliphatic carbocycles. The van der Waals surface area contributed by atoms with Crippen LogP contribution in [0.4, 0.5) is 0 Å². The molecule has 0 aliphatic rings. The molecule has 94 valence electrons. The molecule has 0 aliphatic heterocycles. The van der Waals surface area contributed by atoms with Crippen LogP contribution in [0.1, 0.15) is 18.2 Å². The lowest BCUT2D eigenvalue weighted by Crippen LogP contribution is -2.23. The molecule has 0 saturated carbocycles. The van der Waals surface area contributed by atoms with Crippen LogP contribution in [0.25, 0.3) is 0 Å². The van der Waals surface area contributed by atoms with E-state index in [2.05, 4.69) is 16.9 Å². The summed E-state index contributed by atoms with van der Waals surface area (Å²) in [7, 11) is 2.06. The predicted octanol–water partition coefficient (Wildman–Crippen LogP) is 1.18. The van der Waals surface area contributed by atoms with Crippen LogP contribution in [-0.4, -0.2) is 41.7 Å². The van der Waals surface area contributed by atoms with E-state index >= 15 is 0 Å². The van der Waals surface area contributed by atoms with Crippen molar-refractivity contribution in [2.24, 2.45) is 5.73 Å². The van der Waals surface area contributed by atoms with Crippen LogP contribution in [0.2, 0.25) is 0 Å². The van der Waals surface area contributed by atoms with Crippen LogP contribution in [-0.2, 0) is 11.3 Å². The molecular weight excluding hydrogens is 234 g/mol. The zero-order chi connectivity index (χ0) is 12.7. The standard InChI is InChI=1S/C12H19N3OS/c1-3-16-7-6-15(2)9-10-4-5-14-11(8-10)12(13)17/h4-5,8H,3,6-7,9H2,1-2H3,(H2,13,17). The third-order valence-corrected chi connectivity index (χ3v) is 2.56. The van der Waals surface area contributed by atoms with E-state index in [9.17, 15) is 0 Å². The second-order valence-electron chi connectivity index (χ2n) is 3.85. The lowest BCUT2D eigenvalue weighted by Gasteiger charge is -2.16. The van der Waals surface area contributed by atoms with E-state index in [0.29, 0.717) is 10.7 Å². The van der Waals surface area contributed by atoms with Crippen molar-refractivity contribution in [3.8, 4) is 0 Å². The minimum atomic E-state index is 0.337. The fraction of sp³-hybridized carbons (Fsp3) is 0.500. The first-order valence-corrected chi connectivity index (χ1v) is 6.05. The second-order valence-corrected chi connectivity index (χ2v) is 4.29. The van der Waals surface area contributed by atoms with Crippen molar-refractivity contribution in [2.75, 3.05) is 26.8 Å². The third kappa shape index (κ3) is 5.21. The van der Waals surface area contributed by atoms with Gasteiger partial charge < -0.3 is 10.5 Å². The highest BCUT2D eigenvalue weighted by atomic mass is 32.1. The first-order valence-electron chi connectivity index (χ1n) is 5.64. The maximum absolute atomic E-state index is 5.55. The third-order valence-electron chi connectivity index (χ3n) is 2.35. The molecule has 5 heteroatoms. The molecule has 0 saturated heterocycles. The maximum Gasteiger partial charge on any atom is 0.122 e. The Labute approximate surface area is 108 Å². The fourth-order valence-electron chi connectivity index (χ4n) is 1.46. The minimum Gasteiger partial charge on any atom is -0.388 e. The van der Waals surface area contributed by atoms with Gasteiger partial charge in [0, 0.05) is 25.9 Å². The molecule has 1 aromatic heterocycles.